The predicted molar refractivity (Wildman–Crippen MR) is 286 cm³/mol. The summed E-state index contributed by atoms with van der Waals surface area (Å²) in [4.78, 5) is 50.9. The Morgan fingerprint density at radius 2 is 0.927 bits per heavy atom. The first kappa shape index (κ1) is 61.7. The average molecular weight is 1140 g/mol. The number of ether oxygens (including phenoxy) is 1. The second kappa shape index (κ2) is 26.6. The molecule has 8 aromatic carbocycles. The zero-order valence-electron chi connectivity index (χ0n) is 44.0. The molecular weight excluding hydrogens is 1090 g/mol. The number of isocyanates is 1. The maximum atomic E-state index is 14.8. The fourth-order valence-corrected chi connectivity index (χ4v) is 8.87. The third-order valence-electron chi connectivity index (χ3n) is 12.6. The van der Waals surface area contributed by atoms with Gasteiger partial charge in [-0.1, -0.05) is 97.1 Å². The fraction of sp³-hybridized carbons (Fsp3) is 0.161. The van der Waals surface area contributed by atoms with E-state index in [1.54, 1.807) is 86.6 Å². The van der Waals surface area contributed by atoms with E-state index >= 15 is 0 Å². The van der Waals surface area contributed by atoms with Crippen LogP contribution in [0.4, 0.5) is 48.7 Å². The highest BCUT2D eigenvalue weighted by Crippen LogP contribution is 2.40. The van der Waals surface area contributed by atoms with E-state index in [1.807, 2.05) is 0 Å². The molecule has 0 aromatic heterocycles. The summed E-state index contributed by atoms with van der Waals surface area (Å²) in [6.07, 6.45) is -9.01. The molecule has 10 nitrogen and oxygen atoms in total. The van der Waals surface area contributed by atoms with Gasteiger partial charge in [-0.3, -0.25) is 9.59 Å². The van der Waals surface area contributed by atoms with Gasteiger partial charge in [-0.25, -0.2) is 32.1 Å². The molecule has 0 saturated heterocycles. The summed E-state index contributed by atoms with van der Waals surface area (Å²) in [5, 5.41) is 18.0. The summed E-state index contributed by atoms with van der Waals surface area (Å²) in [7, 11) is 2.67. The molecule has 0 spiro atoms. The van der Waals surface area contributed by atoms with Gasteiger partial charge in [0.25, 0.3) is 11.8 Å². The molecule has 0 radical (unpaired) electrons. The zero-order valence-corrected chi connectivity index (χ0v) is 44.0. The topological polar surface area (TPSA) is 146 Å². The number of aliphatic imine (C=N–C) groups is 1. The van der Waals surface area contributed by atoms with Gasteiger partial charge in [0.15, 0.2) is 23.1 Å². The number of phenols is 1. The number of aromatic hydroxyl groups is 1. The molecule has 8 rings (SSSR count). The lowest BCUT2D eigenvalue weighted by molar-refractivity contribution is -0.138. The normalized spacial score (nSPS) is 12.5. The predicted octanol–water partition coefficient (Wildman–Crippen LogP) is 13.8. The van der Waals surface area contributed by atoms with E-state index in [0.29, 0.717) is 28.3 Å². The Bertz CT molecular complexity index is 3570. The van der Waals surface area contributed by atoms with E-state index in [1.165, 1.54) is 74.8 Å². The molecule has 0 aliphatic rings. The van der Waals surface area contributed by atoms with Gasteiger partial charge < -0.3 is 25.8 Å². The number of benzene rings is 8. The van der Waals surface area contributed by atoms with Crippen LogP contribution in [0.2, 0.25) is 0 Å². The smallest absolute Gasteiger partial charge is 0.416 e. The Balaban J connectivity index is 0.000000249. The van der Waals surface area contributed by atoms with Crippen molar-refractivity contribution in [1.82, 2.24) is 16.0 Å². The van der Waals surface area contributed by atoms with Crippen LogP contribution in [0.5, 0.6) is 11.5 Å². The second-order valence-electron chi connectivity index (χ2n) is 18.5. The number of carbonyl (C=O) groups excluding carboxylic acids is 4. The number of rotatable bonds is 13. The molecule has 4 N–H and O–H groups in total. The molecule has 82 heavy (non-hydrogen) atoms. The number of nitrogens with zero attached hydrogens (tertiary/aromatic N) is 1. The highest BCUT2D eigenvalue weighted by Gasteiger charge is 2.41. The van der Waals surface area contributed by atoms with Crippen LogP contribution >= 0.6 is 0 Å². The molecule has 3 amide bonds. The van der Waals surface area contributed by atoms with Crippen LogP contribution in [0.25, 0.3) is 0 Å². The minimum atomic E-state index is -4.69. The maximum Gasteiger partial charge on any atom is 0.416 e. The van der Waals surface area contributed by atoms with Crippen molar-refractivity contribution in [3.63, 3.8) is 0 Å². The van der Waals surface area contributed by atoms with Crippen molar-refractivity contribution in [1.29, 1.82) is 0 Å². The van der Waals surface area contributed by atoms with E-state index in [-0.39, 0.29) is 46.2 Å². The minimum Gasteiger partial charge on any atom is -0.505 e. The first-order valence-electron chi connectivity index (χ1n) is 24.6. The number of carbonyl (C=O) groups is 3. The molecule has 0 heterocycles. The molecule has 2 atom stereocenters. The molecule has 8 aromatic rings. The number of hydrogen-bond acceptors (Lipinski definition) is 7. The highest BCUT2D eigenvalue weighted by atomic mass is 19.4. The van der Waals surface area contributed by atoms with Crippen molar-refractivity contribution in [2.24, 2.45) is 4.99 Å². The van der Waals surface area contributed by atoms with E-state index in [9.17, 15) is 63.4 Å². The lowest BCUT2D eigenvalue weighted by Gasteiger charge is -2.37. The number of alkyl halides is 6. The van der Waals surface area contributed by atoms with Crippen molar-refractivity contribution < 1.29 is 72.9 Å². The van der Waals surface area contributed by atoms with Crippen LogP contribution in [0.1, 0.15) is 76.4 Å². The largest absolute Gasteiger partial charge is 0.505 e. The maximum absolute atomic E-state index is 14.8. The molecule has 0 fully saturated rings. The average Bonchev–Trinajstić information content (AvgIpc) is 3.56. The molecule has 0 aliphatic carbocycles. The number of amides is 3. The van der Waals surface area contributed by atoms with Crippen LogP contribution in [0, 0.1) is 37.1 Å². The Labute approximate surface area is 464 Å². The third-order valence-corrected chi connectivity index (χ3v) is 12.6. The van der Waals surface area contributed by atoms with E-state index in [4.69, 9.17) is 9.53 Å². The van der Waals surface area contributed by atoms with Gasteiger partial charge in [0.2, 0.25) is 6.08 Å². The van der Waals surface area contributed by atoms with Crippen LogP contribution in [-0.4, -0.2) is 43.2 Å². The van der Waals surface area contributed by atoms with Gasteiger partial charge in [0.05, 0.1) is 22.2 Å². The van der Waals surface area contributed by atoms with Crippen molar-refractivity contribution >= 4 is 24.0 Å². The summed E-state index contributed by atoms with van der Waals surface area (Å²) >= 11 is 0. The lowest BCUT2D eigenvalue weighted by atomic mass is 9.77. The Morgan fingerprint density at radius 3 is 1.30 bits per heavy atom. The van der Waals surface area contributed by atoms with Crippen molar-refractivity contribution in [2.45, 2.75) is 50.1 Å². The number of nitrogens with one attached hydrogen (secondary N) is 3. The SMILES string of the molecule is CN=C=O.CNC(=O)Oc1cc([C@@](Cc2ccccc2)(NC(=O)c2cccc(C(F)(F)F)c2)c2cc(C)cc(F)c2)ccc1F.Cc1cc(F)cc([C@](Cc2ccccc2)(NC(=O)c2cccc(C(F)(F)F)c2)c2ccc(F)c(O)c2)c1. The molecule has 0 unspecified atom stereocenters. The zero-order chi connectivity index (χ0) is 60.0. The van der Waals surface area contributed by atoms with Crippen molar-refractivity contribution in [3.8, 4) is 11.5 Å². The molecule has 0 saturated carbocycles. The van der Waals surface area contributed by atoms with Gasteiger partial charge in [0.1, 0.15) is 11.6 Å². The molecular formula is C62H50F10N4O6. The summed E-state index contributed by atoms with van der Waals surface area (Å²) in [5.74, 6) is -5.96. The second-order valence-corrected chi connectivity index (χ2v) is 18.5. The van der Waals surface area contributed by atoms with Crippen LogP contribution in [0.15, 0.2) is 187 Å². The summed E-state index contributed by atoms with van der Waals surface area (Å²) < 4.78 is 144. The number of hydrogen-bond donors (Lipinski definition) is 4. The van der Waals surface area contributed by atoms with Gasteiger partial charge in [-0.05, 0) is 143 Å². The minimum absolute atomic E-state index is 0.0203. The summed E-state index contributed by atoms with van der Waals surface area (Å²) in [6, 6.07) is 40.6. The van der Waals surface area contributed by atoms with Crippen molar-refractivity contribution in [3.05, 3.63) is 272 Å². The highest BCUT2D eigenvalue weighted by molar-refractivity contribution is 5.96. The van der Waals surface area contributed by atoms with Crippen LogP contribution < -0.4 is 20.7 Å². The lowest BCUT2D eigenvalue weighted by Crippen LogP contribution is -2.49. The number of phenolic OH excluding ortho intramolecular Hbond substituents is 1. The standard InChI is InChI=1S/C31H25F5N2O3.C29H22F5NO2.C2H3NO/c1-19-13-24(16-25(32)14-19)30(18-20-7-4-3-5-8-20,22-11-12-26(33)27(17-22)41-29(40)37-2)38-28(39)21-9-6-10-23(15-21)31(34,35)36;1-18-12-23(15-24(30)13-18)28(17-19-6-3-2-4-7-19,21-10-11-25(31)26(36)16-21)35-27(37)20-8-5-9-22(14-20)29(32,33)34;1-3-2-4/h3-17H,18H2,1-2H3,(H,37,40)(H,38,39);2-16,36H,17H2,1H3,(H,35,37);1H3/t30-;28-;/m11./s1. The van der Waals surface area contributed by atoms with E-state index in [2.05, 4.69) is 20.9 Å². The Hall–Kier alpha value is -9.55. The monoisotopic (exact) mass is 1140 g/mol. The Morgan fingerprint density at radius 1 is 0.512 bits per heavy atom. The van der Waals surface area contributed by atoms with Crippen LogP contribution in [0.3, 0.4) is 0 Å². The van der Waals surface area contributed by atoms with E-state index in [0.717, 1.165) is 48.5 Å². The Kier molecular flexibility index (Phi) is 20.0. The number of aryl methyl sites for hydroxylation is 2. The van der Waals surface area contributed by atoms with Gasteiger partial charge in [0, 0.05) is 38.1 Å². The first-order valence-corrected chi connectivity index (χ1v) is 24.6. The van der Waals surface area contributed by atoms with Gasteiger partial charge in [-0.15, -0.1) is 0 Å². The summed E-state index contributed by atoms with van der Waals surface area (Å²) in [5.41, 5.74) is -2.58. The van der Waals surface area contributed by atoms with Crippen molar-refractivity contribution in [2.75, 3.05) is 14.1 Å². The summed E-state index contributed by atoms with van der Waals surface area (Å²) in [6.45, 7) is 3.29. The molecule has 0 bridgehead atoms. The molecule has 20 heteroatoms. The molecule has 424 valence electrons. The van der Waals surface area contributed by atoms with Gasteiger partial charge in [-0.2, -0.15) is 26.3 Å². The molecule has 0 aliphatic heterocycles. The first-order chi connectivity index (χ1) is 38.8. The van der Waals surface area contributed by atoms with Gasteiger partial charge >= 0.3 is 18.4 Å². The van der Waals surface area contributed by atoms with E-state index < -0.39 is 87.2 Å². The quantitative estimate of drug-likeness (QED) is 0.0514. The van der Waals surface area contributed by atoms with Crippen LogP contribution in [-0.2, 0) is 41.1 Å². The third kappa shape index (κ3) is 15.6. The number of halogens is 10. The fourth-order valence-electron chi connectivity index (χ4n) is 8.87.